The van der Waals surface area contributed by atoms with Crippen molar-refractivity contribution in [2.45, 2.75) is 0 Å². The number of nitriles is 1. The molecule has 0 saturated carbocycles. The normalized spacial score (nSPS) is 10.6. The van der Waals surface area contributed by atoms with E-state index in [-0.39, 0.29) is 17.0 Å². The lowest BCUT2D eigenvalue weighted by Crippen LogP contribution is -2.23. The number of hydrogen-bond donors (Lipinski definition) is 0. The molecule has 0 bridgehead atoms. The van der Waals surface area contributed by atoms with Crippen LogP contribution in [0.5, 0.6) is 5.75 Å². The zero-order chi connectivity index (χ0) is 13.9. The van der Waals surface area contributed by atoms with Gasteiger partial charge in [-0.1, -0.05) is 0 Å². The number of hydrogen-bond acceptors (Lipinski definition) is 6. The van der Waals surface area contributed by atoms with Gasteiger partial charge in [-0.3, -0.25) is 4.79 Å². The van der Waals surface area contributed by atoms with E-state index < -0.39 is 16.0 Å². The molecule has 1 amide bonds. The SMILES string of the molecule is CN(C)C(=O)c1ccnc(C#N)c1OS(C)(=O)=O. The summed E-state index contributed by atoms with van der Waals surface area (Å²) in [6.45, 7) is 0. The fourth-order valence-electron chi connectivity index (χ4n) is 1.17. The van der Waals surface area contributed by atoms with Crippen molar-refractivity contribution in [1.82, 2.24) is 9.88 Å². The van der Waals surface area contributed by atoms with E-state index in [4.69, 9.17) is 5.26 Å². The Morgan fingerprint density at radius 1 is 1.50 bits per heavy atom. The van der Waals surface area contributed by atoms with Crippen molar-refractivity contribution in [1.29, 1.82) is 5.26 Å². The maximum absolute atomic E-state index is 11.8. The monoisotopic (exact) mass is 269 g/mol. The summed E-state index contributed by atoms with van der Waals surface area (Å²) in [6, 6.07) is 2.98. The molecular weight excluding hydrogens is 258 g/mol. The first kappa shape index (κ1) is 13.9. The predicted octanol–water partition coefficient (Wildman–Crippen LogP) is -0.00652. The zero-order valence-electron chi connectivity index (χ0n) is 10.0. The molecule has 0 radical (unpaired) electrons. The van der Waals surface area contributed by atoms with Crippen LogP contribution in [0.1, 0.15) is 16.1 Å². The standard InChI is InChI=1S/C10H11N3O4S/c1-13(2)10(14)7-4-5-12-8(6-11)9(7)17-18(3,15)16/h4-5H,1-3H3. The summed E-state index contributed by atoms with van der Waals surface area (Å²) < 4.78 is 26.9. The maximum Gasteiger partial charge on any atom is 0.306 e. The van der Waals surface area contributed by atoms with Crippen molar-refractivity contribution < 1.29 is 17.4 Å². The van der Waals surface area contributed by atoms with Crippen LogP contribution in [0.2, 0.25) is 0 Å². The lowest BCUT2D eigenvalue weighted by molar-refractivity contribution is 0.0825. The molecular formula is C10H11N3O4S. The molecule has 96 valence electrons. The fraction of sp³-hybridized carbons (Fsp3) is 0.300. The van der Waals surface area contributed by atoms with Gasteiger partial charge in [-0.05, 0) is 6.07 Å². The fourth-order valence-corrected chi connectivity index (χ4v) is 1.64. The van der Waals surface area contributed by atoms with E-state index in [9.17, 15) is 13.2 Å². The Morgan fingerprint density at radius 2 is 2.11 bits per heavy atom. The first-order valence-electron chi connectivity index (χ1n) is 4.76. The molecule has 0 spiro atoms. The number of carbonyl (C=O) groups is 1. The Kier molecular flexibility index (Phi) is 3.88. The van der Waals surface area contributed by atoms with Gasteiger partial charge in [-0.2, -0.15) is 13.7 Å². The van der Waals surface area contributed by atoms with Crippen LogP contribution in [0.3, 0.4) is 0 Å². The van der Waals surface area contributed by atoms with Crippen molar-refractivity contribution in [3.8, 4) is 11.8 Å². The molecule has 1 aromatic rings. The first-order valence-corrected chi connectivity index (χ1v) is 6.58. The smallest absolute Gasteiger partial charge is 0.306 e. The van der Waals surface area contributed by atoms with Crippen LogP contribution in [0.4, 0.5) is 0 Å². The van der Waals surface area contributed by atoms with E-state index in [0.717, 1.165) is 6.26 Å². The van der Waals surface area contributed by atoms with E-state index in [1.165, 1.54) is 31.3 Å². The first-order chi connectivity index (χ1) is 8.26. The van der Waals surface area contributed by atoms with E-state index in [1.54, 1.807) is 6.07 Å². The molecule has 0 atom stereocenters. The number of aromatic nitrogens is 1. The molecule has 0 aliphatic heterocycles. The minimum absolute atomic E-state index is 0.0306. The third-order valence-electron chi connectivity index (χ3n) is 1.88. The van der Waals surface area contributed by atoms with Crippen LogP contribution >= 0.6 is 0 Å². The lowest BCUT2D eigenvalue weighted by Gasteiger charge is -2.13. The minimum atomic E-state index is -3.85. The van der Waals surface area contributed by atoms with Crippen LogP contribution in [0.25, 0.3) is 0 Å². The van der Waals surface area contributed by atoms with Gasteiger partial charge < -0.3 is 9.08 Å². The molecule has 7 nitrogen and oxygen atoms in total. The van der Waals surface area contributed by atoms with Gasteiger partial charge in [-0.15, -0.1) is 0 Å². The second kappa shape index (κ2) is 5.01. The predicted molar refractivity (Wildman–Crippen MR) is 62.4 cm³/mol. The van der Waals surface area contributed by atoms with Gasteiger partial charge in [0.05, 0.1) is 11.8 Å². The second-order valence-electron chi connectivity index (χ2n) is 3.64. The van der Waals surface area contributed by atoms with Crippen LogP contribution in [-0.4, -0.2) is 44.6 Å². The van der Waals surface area contributed by atoms with Crippen molar-refractivity contribution in [2.24, 2.45) is 0 Å². The molecule has 1 heterocycles. The van der Waals surface area contributed by atoms with E-state index in [1.807, 2.05) is 0 Å². The Labute approximate surface area is 105 Å². The van der Waals surface area contributed by atoms with Gasteiger partial charge in [0.25, 0.3) is 5.91 Å². The largest absolute Gasteiger partial charge is 0.379 e. The maximum atomic E-state index is 11.8. The Hall–Kier alpha value is -2.14. The quantitative estimate of drug-likeness (QED) is 0.715. The topological polar surface area (TPSA) is 100 Å². The summed E-state index contributed by atoms with van der Waals surface area (Å²) in [5.74, 6) is -0.825. The van der Waals surface area contributed by atoms with Gasteiger partial charge in [-0.25, -0.2) is 4.98 Å². The van der Waals surface area contributed by atoms with Gasteiger partial charge in [0, 0.05) is 20.3 Å². The van der Waals surface area contributed by atoms with E-state index in [0.29, 0.717) is 0 Å². The highest BCUT2D eigenvalue weighted by atomic mass is 32.2. The minimum Gasteiger partial charge on any atom is -0.379 e. The molecule has 0 saturated heterocycles. The average molecular weight is 269 g/mol. The second-order valence-corrected chi connectivity index (χ2v) is 5.21. The molecule has 8 heteroatoms. The summed E-state index contributed by atoms with van der Waals surface area (Å²) in [5, 5.41) is 8.85. The van der Waals surface area contributed by atoms with Crippen LogP contribution in [0, 0.1) is 11.3 Å². The zero-order valence-corrected chi connectivity index (χ0v) is 10.9. The van der Waals surface area contributed by atoms with Gasteiger partial charge in [0.15, 0.2) is 11.4 Å². The van der Waals surface area contributed by atoms with Crippen LogP contribution in [0.15, 0.2) is 12.3 Å². The van der Waals surface area contributed by atoms with Crippen molar-refractivity contribution >= 4 is 16.0 Å². The summed E-state index contributed by atoms with van der Waals surface area (Å²) in [5.41, 5.74) is -0.287. The highest BCUT2D eigenvalue weighted by Crippen LogP contribution is 2.24. The summed E-state index contributed by atoms with van der Waals surface area (Å²) in [7, 11) is -0.855. The summed E-state index contributed by atoms with van der Waals surface area (Å²) in [6.07, 6.45) is 2.06. The van der Waals surface area contributed by atoms with Crippen molar-refractivity contribution in [2.75, 3.05) is 20.4 Å². The summed E-state index contributed by atoms with van der Waals surface area (Å²) >= 11 is 0. The Balaban J connectivity index is 3.44. The molecule has 1 rings (SSSR count). The molecule has 18 heavy (non-hydrogen) atoms. The number of amides is 1. The number of carbonyl (C=O) groups excluding carboxylic acids is 1. The molecule has 0 aromatic carbocycles. The van der Waals surface area contributed by atoms with Gasteiger partial charge in [0.1, 0.15) is 6.07 Å². The van der Waals surface area contributed by atoms with Crippen LogP contribution < -0.4 is 4.18 Å². The molecule has 1 aromatic heterocycles. The highest BCUT2D eigenvalue weighted by Gasteiger charge is 2.21. The average Bonchev–Trinajstić information content (AvgIpc) is 2.26. The van der Waals surface area contributed by atoms with Gasteiger partial charge in [0.2, 0.25) is 0 Å². The molecule has 0 fully saturated rings. The molecule has 0 aliphatic rings. The third-order valence-corrected chi connectivity index (χ3v) is 2.35. The van der Waals surface area contributed by atoms with Crippen molar-refractivity contribution in [3.05, 3.63) is 23.5 Å². The number of nitrogens with zero attached hydrogens (tertiary/aromatic N) is 3. The molecule has 0 N–H and O–H groups in total. The summed E-state index contributed by atoms with van der Waals surface area (Å²) in [4.78, 5) is 16.7. The number of pyridine rings is 1. The molecule has 0 unspecified atom stereocenters. The van der Waals surface area contributed by atoms with E-state index in [2.05, 4.69) is 9.17 Å². The highest BCUT2D eigenvalue weighted by molar-refractivity contribution is 7.86. The van der Waals surface area contributed by atoms with Gasteiger partial charge >= 0.3 is 10.1 Å². The molecule has 0 aliphatic carbocycles. The van der Waals surface area contributed by atoms with E-state index >= 15 is 0 Å². The Morgan fingerprint density at radius 3 is 2.56 bits per heavy atom. The van der Waals surface area contributed by atoms with Crippen molar-refractivity contribution in [3.63, 3.8) is 0 Å². The Bertz CT molecular complexity index is 617. The lowest BCUT2D eigenvalue weighted by atomic mass is 10.2. The third kappa shape index (κ3) is 3.18. The van der Waals surface area contributed by atoms with Crippen LogP contribution in [-0.2, 0) is 10.1 Å². The number of rotatable bonds is 3.